The van der Waals surface area contributed by atoms with Crippen molar-refractivity contribution < 1.29 is 13.9 Å². The van der Waals surface area contributed by atoms with Crippen LogP contribution in [-0.4, -0.2) is 15.7 Å². The lowest BCUT2D eigenvalue weighted by Gasteiger charge is -2.06. The van der Waals surface area contributed by atoms with E-state index >= 15 is 0 Å². The maximum absolute atomic E-state index is 12.3. The van der Waals surface area contributed by atoms with E-state index in [0.29, 0.717) is 22.4 Å². The third-order valence-corrected chi connectivity index (χ3v) is 3.70. The number of benzene rings is 1. The number of nitriles is 1. The predicted octanol–water partition coefficient (Wildman–Crippen LogP) is 3.37. The summed E-state index contributed by atoms with van der Waals surface area (Å²) in [6.07, 6.45) is 1.38. The molecule has 0 spiro atoms. The quantitative estimate of drug-likeness (QED) is 0.756. The Labute approximate surface area is 148 Å². The van der Waals surface area contributed by atoms with Gasteiger partial charge in [0.05, 0.1) is 11.2 Å². The van der Waals surface area contributed by atoms with Gasteiger partial charge in [0.1, 0.15) is 35.6 Å². The van der Waals surface area contributed by atoms with Gasteiger partial charge in [-0.2, -0.15) is 10.4 Å². The van der Waals surface area contributed by atoms with Gasteiger partial charge in [-0.15, -0.1) is 0 Å². The average Bonchev–Trinajstić information content (AvgIpc) is 3.22. The van der Waals surface area contributed by atoms with Crippen molar-refractivity contribution in [1.82, 2.24) is 9.78 Å². The SMILES string of the molecule is Cn1ncc(C#N)c1NC(=O)c1ccc(COc2ccccc2Cl)o1. The largest absolute Gasteiger partial charge is 0.484 e. The van der Waals surface area contributed by atoms with Crippen LogP contribution in [0.5, 0.6) is 5.75 Å². The van der Waals surface area contributed by atoms with Gasteiger partial charge >= 0.3 is 0 Å². The Balaban J connectivity index is 1.67. The van der Waals surface area contributed by atoms with Crippen molar-refractivity contribution in [3.8, 4) is 11.8 Å². The molecule has 7 nitrogen and oxygen atoms in total. The van der Waals surface area contributed by atoms with E-state index in [1.807, 2.05) is 12.1 Å². The van der Waals surface area contributed by atoms with Crippen LogP contribution in [0.1, 0.15) is 21.9 Å². The maximum atomic E-state index is 12.3. The van der Waals surface area contributed by atoms with E-state index in [-0.39, 0.29) is 17.9 Å². The van der Waals surface area contributed by atoms with Gasteiger partial charge in [0, 0.05) is 7.05 Å². The molecule has 0 bridgehead atoms. The maximum Gasteiger partial charge on any atom is 0.292 e. The number of nitrogens with one attached hydrogen (secondary N) is 1. The predicted molar refractivity (Wildman–Crippen MR) is 90.4 cm³/mol. The van der Waals surface area contributed by atoms with Crippen LogP contribution in [0, 0.1) is 11.3 Å². The molecular weight excluding hydrogens is 344 g/mol. The molecule has 0 aliphatic carbocycles. The summed E-state index contributed by atoms with van der Waals surface area (Å²) in [7, 11) is 1.63. The first kappa shape index (κ1) is 16.6. The van der Waals surface area contributed by atoms with Crippen LogP contribution in [0.2, 0.25) is 5.02 Å². The average molecular weight is 357 g/mol. The molecular formula is C17H13ClN4O3. The van der Waals surface area contributed by atoms with Gasteiger partial charge in [-0.1, -0.05) is 23.7 Å². The number of carbonyl (C=O) groups excluding carboxylic acids is 1. The molecule has 0 aliphatic heterocycles. The van der Waals surface area contributed by atoms with Crippen LogP contribution in [0.15, 0.2) is 47.0 Å². The number of furan rings is 1. The highest BCUT2D eigenvalue weighted by atomic mass is 35.5. The Kier molecular flexibility index (Phi) is 4.73. The second-order valence-electron chi connectivity index (χ2n) is 5.08. The van der Waals surface area contributed by atoms with Crippen LogP contribution >= 0.6 is 11.6 Å². The molecule has 0 saturated carbocycles. The van der Waals surface area contributed by atoms with Gasteiger partial charge in [0.15, 0.2) is 5.76 Å². The summed E-state index contributed by atoms with van der Waals surface area (Å²) in [5, 5.41) is 16.0. The van der Waals surface area contributed by atoms with E-state index in [4.69, 9.17) is 26.0 Å². The Morgan fingerprint density at radius 2 is 2.20 bits per heavy atom. The molecule has 1 N–H and O–H groups in total. The van der Waals surface area contributed by atoms with Crippen LogP contribution in [0.25, 0.3) is 0 Å². The first-order valence-electron chi connectivity index (χ1n) is 7.28. The summed E-state index contributed by atoms with van der Waals surface area (Å²) in [4.78, 5) is 12.3. The summed E-state index contributed by atoms with van der Waals surface area (Å²) in [6.45, 7) is 0.131. The molecule has 2 aromatic heterocycles. The van der Waals surface area contributed by atoms with Gasteiger partial charge in [-0.25, -0.2) is 0 Å². The minimum atomic E-state index is -0.482. The Morgan fingerprint density at radius 3 is 2.96 bits per heavy atom. The minimum absolute atomic E-state index is 0.0999. The number of rotatable bonds is 5. The zero-order chi connectivity index (χ0) is 17.8. The molecule has 0 unspecified atom stereocenters. The van der Waals surface area contributed by atoms with Gasteiger partial charge in [0.25, 0.3) is 5.91 Å². The topological polar surface area (TPSA) is 93.1 Å². The van der Waals surface area contributed by atoms with Crippen LogP contribution < -0.4 is 10.1 Å². The molecule has 0 saturated heterocycles. The van der Waals surface area contributed by atoms with Crippen molar-refractivity contribution in [2.24, 2.45) is 7.05 Å². The summed E-state index contributed by atoms with van der Waals surface area (Å²) >= 11 is 6.01. The molecule has 8 heteroatoms. The standard InChI is InChI=1S/C17H13ClN4O3/c1-22-16(11(8-19)9-20-22)21-17(23)15-7-6-12(25-15)10-24-14-5-3-2-4-13(14)18/h2-7,9H,10H2,1H3,(H,21,23). The smallest absolute Gasteiger partial charge is 0.292 e. The number of hydrogen-bond acceptors (Lipinski definition) is 5. The number of amides is 1. The van der Waals surface area contributed by atoms with Crippen LogP contribution in [-0.2, 0) is 13.7 Å². The fourth-order valence-corrected chi connectivity index (χ4v) is 2.32. The number of carbonyl (C=O) groups is 1. The summed E-state index contributed by atoms with van der Waals surface area (Å²) in [5.41, 5.74) is 0.268. The highest BCUT2D eigenvalue weighted by molar-refractivity contribution is 6.32. The van der Waals surface area contributed by atoms with Crippen molar-refractivity contribution in [3.05, 3.63) is 64.7 Å². The van der Waals surface area contributed by atoms with Crippen LogP contribution in [0.4, 0.5) is 5.82 Å². The Morgan fingerprint density at radius 1 is 1.40 bits per heavy atom. The third-order valence-electron chi connectivity index (χ3n) is 3.38. The van der Waals surface area contributed by atoms with Gasteiger partial charge in [-0.3, -0.25) is 9.48 Å². The summed E-state index contributed by atoms with van der Waals surface area (Å²) in [6, 6.07) is 12.2. The normalized spacial score (nSPS) is 10.3. The number of ether oxygens (including phenoxy) is 1. The fourth-order valence-electron chi connectivity index (χ4n) is 2.12. The number of aromatic nitrogens is 2. The fraction of sp³-hybridized carbons (Fsp3) is 0.118. The van der Waals surface area contributed by atoms with Gasteiger partial charge in [0.2, 0.25) is 0 Å². The number of halogens is 1. The molecule has 1 aromatic carbocycles. The zero-order valence-electron chi connectivity index (χ0n) is 13.2. The van der Waals surface area contributed by atoms with Crippen molar-refractivity contribution in [3.63, 3.8) is 0 Å². The van der Waals surface area contributed by atoms with Crippen molar-refractivity contribution in [2.75, 3.05) is 5.32 Å². The van der Waals surface area contributed by atoms with Crippen molar-refractivity contribution in [1.29, 1.82) is 5.26 Å². The molecule has 0 aliphatic rings. The lowest BCUT2D eigenvalue weighted by Crippen LogP contribution is -2.14. The van der Waals surface area contributed by atoms with Crippen LogP contribution in [0.3, 0.4) is 0 Å². The van der Waals surface area contributed by atoms with Crippen molar-refractivity contribution in [2.45, 2.75) is 6.61 Å². The van der Waals surface area contributed by atoms with E-state index in [9.17, 15) is 4.79 Å². The molecule has 25 heavy (non-hydrogen) atoms. The number of para-hydroxylation sites is 1. The number of hydrogen-bond donors (Lipinski definition) is 1. The monoisotopic (exact) mass is 356 g/mol. The van der Waals surface area contributed by atoms with E-state index in [1.165, 1.54) is 16.9 Å². The number of anilines is 1. The highest BCUT2D eigenvalue weighted by Gasteiger charge is 2.16. The van der Waals surface area contributed by atoms with E-state index in [0.717, 1.165) is 0 Å². The molecule has 0 radical (unpaired) electrons. The molecule has 0 atom stereocenters. The Hall–Kier alpha value is -3.24. The number of nitrogens with zero attached hydrogens (tertiary/aromatic N) is 3. The minimum Gasteiger partial charge on any atom is -0.484 e. The first-order valence-corrected chi connectivity index (χ1v) is 7.66. The van der Waals surface area contributed by atoms with Crippen molar-refractivity contribution >= 4 is 23.3 Å². The molecule has 0 fully saturated rings. The van der Waals surface area contributed by atoms with E-state index in [2.05, 4.69) is 10.4 Å². The highest BCUT2D eigenvalue weighted by Crippen LogP contribution is 2.24. The lowest BCUT2D eigenvalue weighted by molar-refractivity contribution is 0.0991. The second kappa shape index (κ2) is 7.11. The first-order chi connectivity index (χ1) is 12.1. The van der Waals surface area contributed by atoms with Gasteiger partial charge < -0.3 is 14.5 Å². The molecule has 3 rings (SSSR count). The zero-order valence-corrected chi connectivity index (χ0v) is 13.9. The molecule has 1 amide bonds. The molecule has 126 valence electrons. The lowest BCUT2D eigenvalue weighted by atomic mass is 10.3. The second-order valence-corrected chi connectivity index (χ2v) is 5.49. The third kappa shape index (κ3) is 3.65. The molecule has 2 heterocycles. The molecule has 3 aromatic rings. The van der Waals surface area contributed by atoms with E-state index < -0.39 is 5.91 Å². The van der Waals surface area contributed by atoms with Gasteiger partial charge in [-0.05, 0) is 24.3 Å². The summed E-state index contributed by atoms with van der Waals surface area (Å²) < 4.78 is 12.4. The van der Waals surface area contributed by atoms with E-state index in [1.54, 1.807) is 31.3 Å². The number of aryl methyl sites for hydroxylation is 1. The summed E-state index contributed by atoms with van der Waals surface area (Å²) in [5.74, 6) is 0.917. The Bertz CT molecular complexity index is 955.